The highest BCUT2D eigenvalue weighted by atomic mass is 16.5. The Hall–Kier alpha value is -2.38. The summed E-state index contributed by atoms with van der Waals surface area (Å²) >= 11 is 0. The van der Waals surface area contributed by atoms with Crippen LogP contribution in [0.25, 0.3) is 0 Å². The molecule has 0 atom stereocenters. The molecule has 0 saturated heterocycles. The second-order valence-electron chi connectivity index (χ2n) is 3.22. The van der Waals surface area contributed by atoms with Crippen molar-refractivity contribution in [2.24, 2.45) is 0 Å². The number of carbonyl (C=O) groups is 1. The molecule has 1 aromatic heterocycles. The number of nitrogens with zero attached hydrogens (tertiary/aromatic N) is 3. The van der Waals surface area contributed by atoms with Gasteiger partial charge in [0.05, 0.1) is 12.9 Å². The van der Waals surface area contributed by atoms with Gasteiger partial charge in [0.1, 0.15) is 5.82 Å². The van der Waals surface area contributed by atoms with Gasteiger partial charge in [-0.15, -0.1) is 0 Å². The van der Waals surface area contributed by atoms with Crippen LogP contribution in [0.3, 0.4) is 0 Å². The highest BCUT2D eigenvalue weighted by Gasteiger charge is 2.08. The van der Waals surface area contributed by atoms with Crippen LogP contribution in [0.15, 0.2) is 12.4 Å². The highest BCUT2D eigenvalue weighted by Crippen LogP contribution is 2.07. The van der Waals surface area contributed by atoms with E-state index in [1.54, 1.807) is 7.05 Å². The van der Waals surface area contributed by atoms with Crippen molar-refractivity contribution in [2.75, 3.05) is 24.8 Å². The Balaban J connectivity index is 2.93. The number of hydrogen-bond acceptors (Lipinski definition) is 7. The van der Waals surface area contributed by atoms with Crippen LogP contribution in [0.2, 0.25) is 0 Å². The zero-order chi connectivity index (χ0) is 13.5. The van der Waals surface area contributed by atoms with Crippen LogP contribution in [0.1, 0.15) is 12.7 Å². The van der Waals surface area contributed by atoms with Gasteiger partial charge in [0.2, 0.25) is 11.9 Å². The smallest absolute Gasteiger partial charge is 0.413 e. The number of amides is 1. The zero-order valence-electron chi connectivity index (χ0n) is 10.6. The van der Waals surface area contributed by atoms with Crippen LogP contribution >= 0.6 is 0 Å². The summed E-state index contributed by atoms with van der Waals surface area (Å²) < 4.78 is 4.47. The summed E-state index contributed by atoms with van der Waals surface area (Å²) in [5, 5.41) is 8.03. The molecular formula is C10H16N6O2. The average Bonchev–Trinajstić information content (AvgIpc) is 2.37. The number of anilines is 2. The van der Waals surface area contributed by atoms with Gasteiger partial charge in [0, 0.05) is 13.5 Å². The van der Waals surface area contributed by atoms with E-state index in [2.05, 4.69) is 42.2 Å². The molecule has 1 amide bonds. The van der Waals surface area contributed by atoms with E-state index >= 15 is 0 Å². The number of ether oxygens (including phenoxy) is 1. The number of carbonyl (C=O) groups excluding carboxylic acids is 1. The normalized spacial score (nSPS) is 9.50. The van der Waals surface area contributed by atoms with Gasteiger partial charge in [-0.25, -0.2) is 4.79 Å². The van der Waals surface area contributed by atoms with Crippen molar-refractivity contribution < 1.29 is 9.53 Å². The fraction of sp³-hybridized carbons (Fsp3) is 0.400. The lowest BCUT2D eigenvalue weighted by Crippen LogP contribution is -2.18. The fourth-order valence-electron chi connectivity index (χ4n) is 1.03. The maximum Gasteiger partial charge on any atom is 0.413 e. The highest BCUT2D eigenvalue weighted by molar-refractivity contribution is 5.82. The van der Waals surface area contributed by atoms with Crippen molar-refractivity contribution in [3.63, 3.8) is 0 Å². The molecule has 0 aliphatic carbocycles. The standard InChI is InChI=1S/C10H16N6O2/c1-5-7-13-8(12-6(2)11-3)15-9(14-7)16-10(17)18-4/h11H,2,5H2,1,3-4H3,(H2,12,13,14,15,16,17). The number of methoxy groups -OCH3 is 1. The molecule has 0 fully saturated rings. The maximum absolute atomic E-state index is 11.1. The molecule has 0 aromatic carbocycles. The van der Waals surface area contributed by atoms with Crippen molar-refractivity contribution in [3.05, 3.63) is 18.2 Å². The molecule has 0 aliphatic heterocycles. The lowest BCUT2D eigenvalue weighted by molar-refractivity contribution is 0.186. The van der Waals surface area contributed by atoms with Gasteiger partial charge >= 0.3 is 6.09 Å². The molecule has 8 heteroatoms. The minimum atomic E-state index is -0.637. The Labute approximate surface area is 105 Å². The maximum atomic E-state index is 11.1. The van der Waals surface area contributed by atoms with Crippen molar-refractivity contribution in [2.45, 2.75) is 13.3 Å². The van der Waals surface area contributed by atoms with Crippen molar-refractivity contribution in [1.82, 2.24) is 20.3 Å². The van der Waals surface area contributed by atoms with Crippen molar-refractivity contribution in [3.8, 4) is 0 Å². The van der Waals surface area contributed by atoms with Gasteiger partial charge in [0.25, 0.3) is 0 Å². The van der Waals surface area contributed by atoms with Crippen LogP contribution < -0.4 is 16.0 Å². The third kappa shape index (κ3) is 3.89. The molecule has 8 nitrogen and oxygen atoms in total. The molecule has 0 spiro atoms. The number of aryl methyl sites for hydroxylation is 1. The summed E-state index contributed by atoms with van der Waals surface area (Å²) in [6.07, 6.45) is -0.0272. The summed E-state index contributed by atoms with van der Waals surface area (Å²) in [7, 11) is 2.98. The van der Waals surface area contributed by atoms with E-state index in [1.165, 1.54) is 7.11 Å². The van der Waals surface area contributed by atoms with Crippen LogP contribution in [0.5, 0.6) is 0 Å². The Morgan fingerprint density at radius 3 is 2.39 bits per heavy atom. The van der Waals surface area contributed by atoms with E-state index in [9.17, 15) is 4.79 Å². The predicted molar refractivity (Wildman–Crippen MR) is 67.1 cm³/mol. The first-order valence-electron chi connectivity index (χ1n) is 5.32. The Morgan fingerprint density at radius 2 is 1.89 bits per heavy atom. The summed E-state index contributed by atoms with van der Waals surface area (Å²) in [5.41, 5.74) is 0. The molecule has 0 aliphatic rings. The number of aromatic nitrogens is 3. The van der Waals surface area contributed by atoms with E-state index in [1.807, 2.05) is 6.92 Å². The van der Waals surface area contributed by atoms with Crippen molar-refractivity contribution >= 4 is 18.0 Å². The minimum Gasteiger partial charge on any atom is -0.453 e. The summed E-state index contributed by atoms with van der Waals surface area (Å²) in [5.74, 6) is 1.50. The van der Waals surface area contributed by atoms with Gasteiger partial charge in [-0.2, -0.15) is 15.0 Å². The molecular weight excluding hydrogens is 236 g/mol. The van der Waals surface area contributed by atoms with E-state index < -0.39 is 6.09 Å². The van der Waals surface area contributed by atoms with Crippen LogP contribution in [-0.4, -0.2) is 35.2 Å². The largest absolute Gasteiger partial charge is 0.453 e. The van der Waals surface area contributed by atoms with Gasteiger partial charge in [-0.05, 0) is 0 Å². The average molecular weight is 252 g/mol. The zero-order valence-corrected chi connectivity index (χ0v) is 10.6. The Bertz CT molecular complexity index is 412. The molecule has 0 saturated carbocycles. The van der Waals surface area contributed by atoms with Crippen LogP contribution in [0.4, 0.5) is 16.7 Å². The SMILES string of the molecule is C=C(NC)Nc1nc(CC)nc(NC(=O)OC)n1. The molecule has 1 heterocycles. The molecule has 0 unspecified atom stereocenters. The molecule has 0 bridgehead atoms. The fourth-order valence-corrected chi connectivity index (χ4v) is 1.03. The Morgan fingerprint density at radius 1 is 1.28 bits per heavy atom. The first kappa shape index (κ1) is 13.7. The summed E-state index contributed by atoms with van der Waals surface area (Å²) in [6, 6.07) is 0. The number of rotatable bonds is 5. The van der Waals surface area contributed by atoms with Crippen molar-refractivity contribution in [1.29, 1.82) is 0 Å². The topological polar surface area (TPSA) is 101 Å². The number of hydrogen-bond donors (Lipinski definition) is 3. The second kappa shape index (κ2) is 6.38. The van der Waals surface area contributed by atoms with E-state index in [0.717, 1.165) is 0 Å². The van der Waals surface area contributed by atoms with E-state index in [-0.39, 0.29) is 5.95 Å². The van der Waals surface area contributed by atoms with Gasteiger partial charge in [0.15, 0.2) is 0 Å². The second-order valence-corrected chi connectivity index (χ2v) is 3.22. The molecule has 3 N–H and O–H groups in total. The van der Waals surface area contributed by atoms with Crippen LogP contribution in [0, 0.1) is 0 Å². The lowest BCUT2D eigenvalue weighted by atomic mass is 10.4. The molecule has 18 heavy (non-hydrogen) atoms. The molecule has 98 valence electrons. The molecule has 1 rings (SSSR count). The van der Waals surface area contributed by atoms with E-state index in [4.69, 9.17) is 0 Å². The Kier molecular flexibility index (Phi) is 4.85. The third-order valence-electron chi connectivity index (χ3n) is 1.96. The first-order valence-corrected chi connectivity index (χ1v) is 5.32. The summed E-state index contributed by atoms with van der Waals surface area (Å²) in [6.45, 7) is 5.59. The molecule has 1 aromatic rings. The first-order chi connectivity index (χ1) is 8.58. The quantitative estimate of drug-likeness (QED) is 0.709. The molecule has 0 radical (unpaired) electrons. The van der Waals surface area contributed by atoms with E-state index in [0.29, 0.717) is 24.0 Å². The third-order valence-corrected chi connectivity index (χ3v) is 1.96. The van der Waals surface area contributed by atoms with Gasteiger partial charge in [-0.1, -0.05) is 13.5 Å². The van der Waals surface area contributed by atoms with Gasteiger partial charge < -0.3 is 15.4 Å². The lowest BCUT2D eigenvalue weighted by Gasteiger charge is -2.09. The predicted octanol–water partition coefficient (Wildman–Crippen LogP) is 0.715. The number of nitrogens with one attached hydrogen (secondary N) is 3. The van der Waals surface area contributed by atoms with Crippen LogP contribution in [-0.2, 0) is 11.2 Å². The van der Waals surface area contributed by atoms with Gasteiger partial charge in [-0.3, -0.25) is 5.32 Å². The summed E-state index contributed by atoms with van der Waals surface area (Å²) in [4.78, 5) is 23.3. The monoisotopic (exact) mass is 252 g/mol. The minimum absolute atomic E-state index is 0.125.